The Hall–Kier alpha value is -1.37. The predicted octanol–water partition coefficient (Wildman–Crippen LogP) is 0.967. The SMILES string of the molecule is CCc1nn(C)c(Cn2cc(N)nn2)c1Br. The summed E-state index contributed by atoms with van der Waals surface area (Å²) in [6.45, 7) is 2.68. The highest BCUT2D eigenvalue weighted by molar-refractivity contribution is 9.10. The van der Waals surface area contributed by atoms with E-state index < -0.39 is 0 Å². The Morgan fingerprint density at radius 1 is 1.50 bits per heavy atom. The summed E-state index contributed by atoms with van der Waals surface area (Å²) in [4.78, 5) is 0. The molecule has 0 bridgehead atoms. The summed E-state index contributed by atoms with van der Waals surface area (Å²) in [6.07, 6.45) is 2.60. The molecule has 2 aromatic heterocycles. The number of nitrogens with zero attached hydrogens (tertiary/aromatic N) is 5. The molecule has 0 saturated heterocycles. The first-order valence-electron chi connectivity index (χ1n) is 4.97. The van der Waals surface area contributed by atoms with E-state index in [4.69, 9.17) is 5.73 Å². The van der Waals surface area contributed by atoms with Crippen LogP contribution >= 0.6 is 15.9 Å². The third-order valence-electron chi connectivity index (χ3n) is 2.37. The summed E-state index contributed by atoms with van der Waals surface area (Å²) in [5.41, 5.74) is 7.62. The highest BCUT2D eigenvalue weighted by Gasteiger charge is 2.13. The number of halogens is 1. The Morgan fingerprint density at radius 3 is 2.75 bits per heavy atom. The molecular formula is C9H13BrN6. The Bertz CT molecular complexity index is 500. The lowest BCUT2D eigenvalue weighted by Crippen LogP contribution is -2.06. The summed E-state index contributed by atoms with van der Waals surface area (Å²) in [5, 5.41) is 12.1. The largest absolute Gasteiger partial charge is 0.381 e. The molecule has 0 aliphatic carbocycles. The summed E-state index contributed by atoms with van der Waals surface area (Å²) in [7, 11) is 1.92. The van der Waals surface area contributed by atoms with Crippen LogP contribution in [0.2, 0.25) is 0 Å². The molecule has 0 radical (unpaired) electrons. The molecule has 0 amide bonds. The van der Waals surface area contributed by atoms with Gasteiger partial charge in [0.25, 0.3) is 0 Å². The first-order valence-corrected chi connectivity index (χ1v) is 5.77. The molecule has 0 unspecified atom stereocenters. The normalized spacial score (nSPS) is 10.9. The number of anilines is 1. The molecule has 2 aromatic rings. The molecule has 7 heteroatoms. The second-order valence-corrected chi connectivity index (χ2v) is 4.32. The van der Waals surface area contributed by atoms with Crippen molar-refractivity contribution in [2.75, 3.05) is 5.73 Å². The molecule has 6 nitrogen and oxygen atoms in total. The van der Waals surface area contributed by atoms with Crippen molar-refractivity contribution in [1.29, 1.82) is 0 Å². The van der Waals surface area contributed by atoms with Gasteiger partial charge in [0.05, 0.1) is 28.6 Å². The summed E-state index contributed by atoms with van der Waals surface area (Å²) < 4.78 is 4.57. The van der Waals surface area contributed by atoms with Gasteiger partial charge < -0.3 is 5.73 Å². The molecule has 2 rings (SSSR count). The number of rotatable bonds is 3. The molecule has 0 fully saturated rings. The average molecular weight is 285 g/mol. The zero-order valence-corrected chi connectivity index (χ0v) is 10.8. The lowest BCUT2D eigenvalue weighted by Gasteiger charge is -2.01. The van der Waals surface area contributed by atoms with E-state index in [1.807, 2.05) is 11.7 Å². The van der Waals surface area contributed by atoms with E-state index in [2.05, 4.69) is 38.3 Å². The van der Waals surface area contributed by atoms with Crippen LogP contribution in [0.5, 0.6) is 0 Å². The Morgan fingerprint density at radius 2 is 2.25 bits per heavy atom. The van der Waals surface area contributed by atoms with E-state index in [0.29, 0.717) is 12.4 Å². The van der Waals surface area contributed by atoms with Crippen molar-refractivity contribution in [2.45, 2.75) is 19.9 Å². The summed E-state index contributed by atoms with van der Waals surface area (Å²) in [5.74, 6) is 0.425. The van der Waals surface area contributed by atoms with Gasteiger partial charge >= 0.3 is 0 Å². The van der Waals surface area contributed by atoms with Gasteiger partial charge in [-0.1, -0.05) is 12.1 Å². The minimum atomic E-state index is 0.425. The summed E-state index contributed by atoms with van der Waals surface area (Å²) in [6, 6.07) is 0. The van der Waals surface area contributed by atoms with Crippen molar-refractivity contribution in [3.63, 3.8) is 0 Å². The van der Waals surface area contributed by atoms with Gasteiger partial charge in [0.1, 0.15) is 0 Å². The van der Waals surface area contributed by atoms with E-state index in [1.54, 1.807) is 10.9 Å². The molecule has 0 atom stereocenters. The molecule has 86 valence electrons. The Kier molecular flexibility index (Phi) is 2.95. The quantitative estimate of drug-likeness (QED) is 0.911. The van der Waals surface area contributed by atoms with Gasteiger partial charge in [-0.3, -0.25) is 4.68 Å². The van der Waals surface area contributed by atoms with Crippen LogP contribution in [0.3, 0.4) is 0 Å². The molecule has 0 saturated carbocycles. The number of nitrogen functional groups attached to an aromatic ring is 1. The van der Waals surface area contributed by atoms with E-state index in [1.165, 1.54) is 0 Å². The molecule has 0 spiro atoms. The fourth-order valence-electron chi connectivity index (χ4n) is 1.54. The van der Waals surface area contributed by atoms with Crippen LogP contribution in [0, 0.1) is 0 Å². The van der Waals surface area contributed by atoms with Crippen LogP contribution in [0.25, 0.3) is 0 Å². The van der Waals surface area contributed by atoms with Gasteiger partial charge in [-0.05, 0) is 22.4 Å². The Balaban J connectivity index is 2.30. The average Bonchev–Trinajstić information content (AvgIpc) is 2.77. The van der Waals surface area contributed by atoms with Crippen molar-refractivity contribution in [3.8, 4) is 0 Å². The highest BCUT2D eigenvalue weighted by atomic mass is 79.9. The Labute approximate surface area is 102 Å². The minimum Gasteiger partial charge on any atom is -0.381 e. The molecule has 2 N–H and O–H groups in total. The maximum Gasteiger partial charge on any atom is 0.165 e. The van der Waals surface area contributed by atoms with Crippen molar-refractivity contribution >= 4 is 21.7 Å². The number of hydrogen-bond acceptors (Lipinski definition) is 4. The van der Waals surface area contributed by atoms with Crippen molar-refractivity contribution < 1.29 is 0 Å². The van der Waals surface area contributed by atoms with Gasteiger partial charge in [-0.25, -0.2) is 4.68 Å². The summed E-state index contributed by atoms with van der Waals surface area (Å²) >= 11 is 3.55. The van der Waals surface area contributed by atoms with Crippen LogP contribution in [0.4, 0.5) is 5.82 Å². The first-order chi connectivity index (χ1) is 7.61. The first kappa shape index (κ1) is 11.1. The van der Waals surface area contributed by atoms with Gasteiger partial charge in [-0.15, -0.1) is 5.10 Å². The topological polar surface area (TPSA) is 74.5 Å². The maximum absolute atomic E-state index is 5.51. The number of aryl methyl sites for hydroxylation is 2. The van der Waals surface area contributed by atoms with Crippen molar-refractivity contribution in [3.05, 3.63) is 22.1 Å². The van der Waals surface area contributed by atoms with Crippen LogP contribution in [0.15, 0.2) is 10.7 Å². The van der Waals surface area contributed by atoms with Gasteiger partial charge in [0.15, 0.2) is 5.82 Å². The maximum atomic E-state index is 5.51. The predicted molar refractivity (Wildman–Crippen MR) is 63.8 cm³/mol. The third kappa shape index (κ3) is 1.95. The van der Waals surface area contributed by atoms with Crippen molar-refractivity contribution in [2.24, 2.45) is 7.05 Å². The van der Waals surface area contributed by atoms with Gasteiger partial charge in [-0.2, -0.15) is 5.10 Å². The van der Waals surface area contributed by atoms with Crippen molar-refractivity contribution in [1.82, 2.24) is 24.8 Å². The second-order valence-electron chi connectivity index (χ2n) is 3.53. The fourth-order valence-corrected chi connectivity index (χ4v) is 2.28. The molecule has 16 heavy (non-hydrogen) atoms. The van der Waals surface area contributed by atoms with Crippen LogP contribution < -0.4 is 5.73 Å². The van der Waals surface area contributed by atoms with Crippen LogP contribution in [-0.2, 0) is 20.0 Å². The zero-order valence-electron chi connectivity index (χ0n) is 9.18. The van der Waals surface area contributed by atoms with Crippen LogP contribution in [-0.4, -0.2) is 24.8 Å². The van der Waals surface area contributed by atoms with Crippen LogP contribution in [0.1, 0.15) is 18.3 Å². The fraction of sp³-hybridized carbons (Fsp3) is 0.444. The molecule has 2 heterocycles. The lowest BCUT2D eigenvalue weighted by molar-refractivity contribution is 0.597. The smallest absolute Gasteiger partial charge is 0.165 e. The number of aromatic nitrogens is 5. The lowest BCUT2D eigenvalue weighted by atomic mass is 10.3. The zero-order chi connectivity index (χ0) is 11.7. The van der Waals surface area contributed by atoms with E-state index >= 15 is 0 Å². The standard InChI is InChI=1S/C9H13BrN6/c1-3-6-9(10)7(15(2)13-6)4-16-5-8(11)12-14-16/h5H,3-4,11H2,1-2H3. The number of nitrogens with two attached hydrogens (primary N) is 1. The van der Waals surface area contributed by atoms with Gasteiger partial charge in [0.2, 0.25) is 0 Å². The van der Waals surface area contributed by atoms with Gasteiger partial charge in [0, 0.05) is 7.05 Å². The minimum absolute atomic E-state index is 0.425. The monoisotopic (exact) mass is 284 g/mol. The number of hydrogen-bond donors (Lipinski definition) is 1. The van der Waals surface area contributed by atoms with E-state index in [9.17, 15) is 0 Å². The molecule has 0 aliphatic rings. The third-order valence-corrected chi connectivity index (χ3v) is 3.29. The molecule has 0 aliphatic heterocycles. The van der Waals surface area contributed by atoms with E-state index in [-0.39, 0.29) is 0 Å². The molecular weight excluding hydrogens is 272 g/mol. The molecule has 0 aromatic carbocycles. The second kappa shape index (κ2) is 4.25. The highest BCUT2D eigenvalue weighted by Crippen LogP contribution is 2.22. The van der Waals surface area contributed by atoms with E-state index in [0.717, 1.165) is 22.3 Å².